The number of hydrogen-bond donors (Lipinski definition) is 1. The molecule has 4 heteroatoms. The highest BCUT2D eigenvalue weighted by atomic mass is 16.5. The average Bonchev–Trinajstić information content (AvgIpc) is 2.70. The number of rotatable bonds is 2. The second-order valence-electron chi connectivity index (χ2n) is 3.18. The number of ether oxygens (including phenoxy) is 1. The topological polar surface area (TPSA) is 65.5 Å². The first kappa shape index (κ1) is 9.73. The lowest BCUT2D eigenvalue weighted by atomic mass is 10.1. The minimum atomic E-state index is -0.394. The maximum Gasteiger partial charge on any atom is 0.341 e. The van der Waals surface area contributed by atoms with Crippen molar-refractivity contribution >= 4 is 16.9 Å². The van der Waals surface area contributed by atoms with Crippen LogP contribution in [-0.2, 0) is 11.3 Å². The van der Waals surface area contributed by atoms with Gasteiger partial charge in [0.05, 0.1) is 7.11 Å². The Morgan fingerprint density at radius 3 is 3.00 bits per heavy atom. The van der Waals surface area contributed by atoms with Crippen molar-refractivity contribution in [1.82, 2.24) is 0 Å². The number of carbonyl (C=O) groups is 1. The van der Waals surface area contributed by atoms with Crippen LogP contribution in [0.15, 0.2) is 28.9 Å². The summed E-state index contributed by atoms with van der Waals surface area (Å²) in [5, 5.41) is 0.749. The molecular weight excluding hydrogens is 194 g/mol. The summed E-state index contributed by atoms with van der Waals surface area (Å²) in [7, 11) is 1.34. The summed E-state index contributed by atoms with van der Waals surface area (Å²) in [6.45, 7) is 0.449. The van der Waals surface area contributed by atoms with E-state index in [-0.39, 0.29) is 0 Å². The summed E-state index contributed by atoms with van der Waals surface area (Å²) in [5.74, 6) is -0.394. The molecule has 0 aliphatic carbocycles. The van der Waals surface area contributed by atoms with Gasteiger partial charge in [0.2, 0.25) is 0 Å². The highest BCUT2D eigenvalue weighted by Gasteiger charge is 2.13. The first-order valence-corrected chi connectivity index (χ1v) is 4.54. The van der Waals surface area contributed by atoms with E-state index in [4.69, 9.17) is 10.2 Å². The molecule has 4 nitrogen and oxygen atoms in total. The molecule has 0 saturated heterocycles. The standard InChI is InChI=1S/C11H11NO3/c1-14-11(13)9-6-15-10-4-7(5-12)2-3-8(9)10/h2-4,6H,5,12H2,1H3. The molecule has 2 N–H and O–H groups in total. The number of benzene rings is 1. The molecule has 0 saturated carbocycles. The molecule has 0 radical (unpaired) electrons. The second kappa shape index (κ2) is 3.74. The van der Waals surface area contributed by atoms with Crippen molar-refractivity contribution in [2.75, 3.05) is 7.11 Å². The predicted molar refractivity (Wildman–Crippen MR) is 55.4 cm³/mol. The van der Waals surface area contributed by atoms with E-state index in [9.17, 15) is 4.79 Å². The Hall–Kier alpha value is -1.81. The molecule has 1 heterocycles. The normalized spacial score (nSPS) is 10.5. The smallest absolute Gasteiger partial charge is 0.341 e. The van der Waals surface area contributed by atoms with Crippen LogP contribution in [0.2, 0.25) is 0 Å². The van der Waals surface area contributed by atoms with Crippen molar-refractivity contribution in [1.29, 1.82) is 0 Å². The quantitative estimate of drug-likeness (QED) is 0.757. The maximum atomic E-state index is 11.3. The van der Waals surface area contributed by atoms with Crippen molar-refractivity contribution < 1.29 is 13.9 Å². The number of hydrogen-bond acceptors (Lipinski definition) is 4. The van der Waals surface area contributed by atoms with Crippen LogP contribution < -0.4 is 5.73 Å². The minimum absolute atomic E-state index is 0.394. The lowest BCUT2D eigenvalue weighted by molar-refractivity contribution is 0.0602. The molecule has 0 fully saturated rings. The third-order valence-electron chi connectivity index (χ3n) is 2.28. The Kier molecular flexibility index (Phi) is 2.43. The summed E-state index contributed by atoms with van der Waals surface area (Å²) >= 11 is 0. The molecule has 0 bridgehead atoms. The fourth-order valence-corrected chi connectivity index (χ4v) is 1.47. The molecule has 0 amide bonds. The Labute approximate surface area is 86.6 Å². The first-order valence-electron chi connectivity index (χ1n) is 4.54. The van der Waals surface area contributed by atoms with Crippen molar-refractivity contribution in [3.8, 4) is 0 Å². The van der Waals surface area contributed by atoms with Gasteiger partial charge in [0.1, 0.15) is 17.4 Å². The van der Waals surface area contributed by atoms with E-state index >= 15 is 0 Å². The highest BCUT2D eigenvalue weighted by molar-refractivity contribution is 6.03. The summed E-state index contributed by atoms with van der Waals surface area (Å²) in [4.78, 5) is 11.3. The van der Waals surface area contributed by atoms with Crippen LogP contribution in [0, 0.1) is 0 Å². The van der Waals surface area contributed by atoms with Gasteiger partial charge in [0.15, 0.2) is 0 Å². The Balaban J connectivity index is 2.57. The van der Waals surface area contributed by atoms with Crippen LogP contribution in [-0.4, -0.2) is 13.1 Å². The van der Waals surface area contributed by atoms with Crippen LogP contribution in [0.25, 0.3) is 11.0 Å². The summed E-state index contributed by atoms with van der Waals surface area (Å²) < 4.78 is 9.89. The molecule has 78 valence electrons. The van der Waals surface area contributed by atoms with Crippen LogP contribution in [0.3, 0.4) is 0 Å². The molecule has 1 aromatic heterocycles. The van der Waals surface area contributed by atoms with E-state index in [0.29, 0.717) is 17.7 Å². The molecule has 2 aromatic rings. The fraction of sp³-hybridized carbons (Fsp3) is 0.182. The fourth-order valence-electron chi connectivity index (χ4n) is 1.47. The minimum Gasteiger partial charge on any atom is -0.465 e. The third-order valence-corrected chi connectivity index (χ3v) is 2.28. The number of methoxy groups -OCH3 is 1. The lowest BCUT2D eigenvalue weighted by Gasteiger charge is -1.97. The van der Waals surface area contributed by atoms with E-state index in [1.807, 2.05) is 18.2 Å². The Morgan fingerprint density at radius 1 is 1.53 bits per heavy atom. The van der Waals surface area contributed by atoms with E-state index < -0.39 is 5.97 Å². The number of nitrogens with two attached hydrogens (primary N) is 1. The zero-order valence-corrected chi connectivity index (χ0v) is 8.32. The van der Waals surface area contributed by atoms with E-state index in [2.05, 4.69) is 4.74 Å². The van der Waals surface area contributed by atoms with Gasteiger partial charge in [0, 0.05) is 11.9 Å². The van der Waals surface area contributed by atoms with Gasteiger partial charge in [-0.3, -0.25) is 0 Å². The molecule has 0 atom stereocenters. The van der Waals surface area contributed by atoms with Gasteiger partial charge in [-0.05, 0) is 17.7 Å². The summed E-state index contributed by atoms with van der Waals surface area (Å²) in [6.07, 6.45) is 1.40. The lowest BCUT2D eigenvalue weighted by Crippen LogP contribution is -1.99. The van der Waals surface area contributed by atoms with Gasteiger partial charge in [-0.25, -0.2) is 4.79 Å². The van der Waals surface area contributed by atoms with Crippen LogP contribution in [0.4, 0.5) is 0 Å². The van der Waals surface area contributed by atoms with Gasteiger partial charge in [-0.1, -0.05) is 6.07 Å². The van der Waals surface area contributed by atoms with Crippen molar-refractivity contribution in [2.24, 2.45) is 5.73 Å². The van der Waals surface area contributed by atoms with Crippen LogP contribution in [0.5, 0.6) is 0 Å². The highest BCUT2D eigenvalue weighted by Crippen LogP contribution is 2.22. The third kappa shape index (κ3) is 1.59. The number of esters is 1. The summed E-state index contributed by atoms with van der Waals surface area (Å²) in [5.41, 5.74) is 7.56. The molecule has 2 rings (SSSR count). The van der Waals surface area contributed by atoms with Gasteiger partial charge in [-0.15, -0.1) is 0 Å². The van der Waals surface area contributed by atoms with E-state index in [1.165, 1.54) is 13.4 Å². The molecule has 0 aliphatic heterocycles. The number of fused-ring (bicyclic) bond motifs is 1. The Morgan fingerprint density at radius 2 is 2.33 bits per heavy atom. The zero-order valence-electron chi connectivity index (χ0n) is 8.32. The molecule has 1 aromatic carbocycles. The molecule has 0 unspecified atom stereocenters. The monoisotopic (exact) mass is 205 g/mol. The van der Waals surface area contributed by atoms with Crippen molar-refractivity contribution in [3.63, 3.8) is 0 Å². The number of carbonyl (C=O) groups excluding carboxylic acids is 1. The largest absolute Gasteiger partial charge is 0.465 e. The van der Waals surface area contributed by atoms with Gasteiger partial charge >= 0.3 is 5.97 Å². The zero-order chi connectivity index (χ0) is 10.8. The molecular formula is C11H11NO3. The van der Waals surface area contributed by atoms with Gasteiger partial charge in [0.25, 0.3) is 0 Å². The van der Waals surface area contributed by atoms with E-state index in [1.54, 1.807) is 0 Å². The summed E-state index contributed by atoms with van der Waals surface area (Å²) in [6, 6.07) is 5.50. The van der Waals surface area contributed by atoms with Gasteiger partial charge < -0.3 is 14.9 Å². The second-order valence-corrected chi connectivity index (χ2v) is 3.18. The van der Waals surface area contributed by atoms with Crippen LogP contribution in [0.1, 0.15) is 15.9 Å². The van der Waals surface area contributed by atoms with Crippen LogP contribution >= 0.6 is 0 Å². The predicted octanol–water partition coefficient (Wildman–Crippen LogP) is 1.68. The van der Waals surface area contributed by atoms with Crippen molar-refractivity contribution in [2.45, 2.75) is 6.54 Å². The molecule has 0 aliphatic rings. The van der Waals surface area contributed by atoms with Gasteiger partial charge in [-0.2, -0.15) is 0 Å². The van der Waals surface area contributed by atoms with E-state index in [0.717, 1.165) is 10.9 Å². The Bertz CT molecular complexity index is 502. The average molecular weight is 205 g/mol. The maximum absolute atomic E-state index is 11.3. The van der Waals surface area contributed by atoms with Crippen molar-refractivity contribution in [3.05, 3.63) is 35.6 Å². The SMILES string of the molecule is COC(=O)c1coc2cc(CN)ccc12. The first-order chi connectivity index (χ1) is 7.26. The molecule has 0 spiro atoms. The molecule has 15 heavy (non-hydrogen) atoms. The number of furan rings is 1.